The Labute approximate surface area is 131 Å². The molecule has 1 amide bonds. The second-order valence-electron chi connectivity index (χ2n) is 4.61. The molecule has 2 aromatic rings. The van der Waals surface area contributed by atoms with E-state index in [1.807, 2.05) is 0 Å². The Bertz CT molecular complexity index is 707. The maximum Gasteiger partial charge on any atom is 0.374 e. The summed E-state index contributed by atoms with van der Waals surface area (Å²) in [6, 6.07) is 3.00. The predicted octanol–water partition coefficient (Wildman–Crippen LogP) is 1.32. The van der Waals surface area contributed by atoms with Crippen molar-refractivity contribution < 1.29 is 14.5 Å². The zero-order valence-electron chi connectivity index (χ0n) is 12.4. The fourth-order valence-corrected chi connectivity index (χ4v) is 1.62. The first-order valence-electron chi connectivity index (χ1n) is 6.61. The maximum atomic E-state index is 11.9. The summed E-state index contributed by atoms with van der Waals surface area (Å²) in [7, 11) is 0. The Balaban J connectivity index is 2.19. The number of pyridine rings is 1. The number of nitrogens with zero attached hydrogens (tertiary/aromatic N) is 4. The van der Waals surface area contributed by atoms with Crippen LogP contribution in [0.5, 0.6) is 5.88 Å². The second-order valence-corrected chi connectivity index (χ2v) is 4.61. The van der Waals surface area contributed by atoms with Gasteiger partial charge in [-0.2, -0.15) is 4.98 Å². The highest BCUT2D eigenvalue weighted by Gasteiger charge is 2.25. The molecule has 0 aromatic carbocycles. The number of carbonyl (C=O) groups is 1. The first kappa shape index (κ1) is 16.1. The van der Waals surface area contributed by atoms with Crippen molar-refractivity contribution in [2.45, 2.75) is 20.0 Å². The van der Waals surface area contributed by atoms with Gasteiger partial charge in [0.05, 0.1) is 11.0 Å². The Morgan fingerprint density at radius 1 is 1.30 bits per heavy atom. The Morgan fingerprint density at radius 2 is 2.00 bits per heavy atom. The zero-order chi connectivity index (χ0) is 16.8. The van der Waals surface area contributed by atoms with Crippen LogP contribution in [-0.4, -0.2) is 31.9 Å². The standard InChI is InChI=1S/C13H14N6O4/c1-8(2)23-13-10(19(21)22)11(15-7-16-13)17-18-12(20)9-3-5-14-6-4-9/h3-8H,1-2H3,(H,18,20)(H,15,16,17). The zero-order valence-corrected chi connectivity index (χ0v) is 12.4. The molecule has 0 spiro atoms. The minimum atomic E-state index is -0.682. The molecule has 2 heterocycles. The average molecular weight is 318 g/mol. The molecule has 0 aliphatic rings. The van der Waals surface area contributed by atoms with E-state index in [9.17, 15) is 14.9 Å². The lowest BCUT2D eigenvalue weighted by Crippen LogP contribution is -2.30. The van der Waals surface area contributed by atoms with E-state index in [0.29, 0.717) is 5.56 Å². The summed E-state index contributed by atoms with van der Waals surface area (Å²) in [4.78, 5) is 33.8. The highest BCUT2D eigenvalue weighted by molar-refractivity contribution is 5.94. The van der Waals surface area contributed by atoms with E-state index in [-0.39, 0.29) is 17.8 Å². The van der Waals surface area contributed by atoms with Crippen LogP contribution in [-0.2, 0) is 0 Å². The Hall–Kier alpha value is -3.30. The van der Waals surface area contributed by atoms with Crippen molar-refractivity contribution in [1.29, 1.82) is 0 Å². The van der Waals surface area contributed by atoms with Crippen molar-refractivity contribution in [2.24, 2.45) is 0 Å². The minimum Gasteiger partial charge on any atom is -0.470 e. The predicted molar refractivity (Wildman–Crippen MR) is 79.8 cm³/mol. The number of hydrogen-bond acceptors (Lipinski definition) is 8. The molecule has 10 nitrogen and oxygen atoms in total. The van der Waals surface area contributed by atoms with Gasteiger partial charge in [0.25, 0.3) is 11.8 Å². The van der Waals surface area contributed by atoms with E-state index < -0.39 is 16.5 Å². The number of amides is 1. The number of anilines is 1. The van der Waals surface area contributed by atoms with Crippen LogP contribution >= 0.6 is 0 Å². The summed E-state index contributed by atoms with van der Waals surface area (Å²) >= 11 is 0. The normalized spacial score (nSPS) is 10.2. The molecule has 2 rings (SSSR count). The highest BCUT2D eigenvalue weighted by Crippen LogP contribution is 2.30. The number of hydrazine groups is 1. The molecule has 2 N–H and O–H groups in total. The third kappa shape index (κ3) is 4.09. The summed E-state index contributed by atoms with van der Waals surface area (Å²) in [6.45, 7) is 3.42. The Morgan fingerprint density at radius 3 is 2.61 bits per heavy atom. The first-order chi connectivity index (χ1) is 11.0. The van der Waals surface area contributed by atoms with Gasteiger partial charge in [0.15, 0.2) is 0 Å². The van der Waals surface area contributed by atoms with E-state index >= 15 is 0 Å². The molecule has 0 saturated heterocycles. The molecule has 0 radical (unpaired) electrons. The monoisotopic (exact) mass is 318 g/mol. The van der Waals surface area contributed by atoms with Crippen LogP contribution < -0.4 is 15.6 Å². The van der Waals surface area contributed by atoms with Crippen molar-refractivity contribution in [2.75, 3.05) is 5.43 Å². The number of carbonyl (C=O) groups excluding carboxylic acids is 1. The SMILES string of the molecule is CC(C)Oc1ncnc(NNC(=O)c2ccncc2)c1[N+](=O)[O-]. The van der Waals surface area contributed by atoms with Crippen molar-refractivity contribution in [3.05, 3.63) is 46.5 Å². The van der Waals surface area contributed by atoms with Crippen LogP contribution in [0.15, 0.2) is 30.9 Å². The van der Waals surface area contributed by atoms with Crippen LogP contribution in [0, 0.1) is 10.1 Å². The average Bonchev–Trinajstić information content (AvgIpc) is 2.52. The first-order valence-corrected chi connectivity index (χ1v) is 6.61. The topological polar surface area (TPSA) is 132 Å². The molecule has 0 saturated carbocycles. The highest BCUT2D eigenvalue weighted by atomic mass is 16.6. The van der Waals surface area contributed by atoms with E-state index in [1.54, 1.807) is 13.8 Å². The van der Waals surface area contributed by atoms with E-state index in [4.69, 9.17) is 4.74 Å². The smallest absolute Gasteiger partial charge is 0.374 e. The lowest BCUT2D eigenvalue weighted by molar-refractivity contribution is -0.385. The van der Waals surface area contributed by atoms with Crippen LogP contribution in [0.3, 0.4) is 0 Å². The summed E-state index contributed by atoms with van der Waals surface area (Å²) in [5.74, 6) is -0.852. The van der Waals surface area contributed by atoms with Crippen molar-refractivity contribution >= 4 is 17.4 Å². The Kier molecular flexibility index (Phi) is 4.97. The molecule has 120 valence electrons. The lowest BCUT2D eigenvalue weighted by Gasteiger charge is -2.11. The molecule has 0 aliphatic carbocycles. The number of rotatable bonds is 6. The molecule has 10 heteroatoms. The molecule has 2 aromatic heterocycles. The van der Waals surface area contributed by atoms with Gasteiger partial charge < -0.3 is 4.74 Å². The van der Waals surface area contributed by atoms with Gasteiger partial charge in [-0.1, -0.05) is 0 Å². The minimum absolute atomic E-state index is 0.178. The van der Waals surface area contributed by atoms with E-state index in [1.165, 1.54) is 24.5 Å². The van der Waals surface area contributed by atoms with Crippen LogP contribution in [0.1, 0.15) is 24.2 Å². The maximum absolute atomic E-state index is 11.9. The van der Waals surface area contributed by atoms with Crippen LogP contribution in [0.2, 0.25) is 0 Å². The van der Waals surface area contributed by atoms with Gasteiger partial charge in [0, 0.05) is 18.0 Å². The largest absolute Gasteiger partial charge is 0.470 e. The van der Waals surface area contributed by atoms with Crippen molar-refractivity contribution in [3.8, 4) is 5.88 Å². The third-order valence-electron chi connectivity index (χ3n) is 2.56. The van der Waals surface area contributed by atoms with Gasteiger partial charge in [-0.15, -0.1) is 0 Å². The van der Waals surface area contributed by atoms with Crippen LogP contribution in [0.4, 0.5) is 11.5 Å². The van der Waals surface area contributed by atoms with Gasteiger partial charge >= 0.3 is 5.69 Å². The number of nitro groups is 1. The molecular formula is C13H14N6O4. The molecule has 0 fully saturated rings. The van der Waals surface area contributed by atoms with Gasteiger partial charge in [0.2, 0.25) is 5.82 Å². The van der Waals surface area contributed by atoms with E-state index in [0.717, 1.165) is 6.33 Å². The second kappa shape index (κ2) is 7.11. The third-order valence-corrected chi connectivity index (χ3v) is 2.56. The molecule has 0 unspecified atom stereocenters. The van der Waals surface area contributed by atoms with Gasteiger partial charge in [-0.05, 0) is 26.0 Å². The van der Waals surface area contributed by atoms with Gasteiger partial charge in [-0.25, -0.2) is 4.98 Å². The van der Waals surface area contributed by atoms with E-state index in [2.05, 4.69) is 25.8 Å². The molecular weight excluding hydrogens is 304 g/mol. The molecule has 23 heavy (non-hydrogen) atoms. The summed E-state index contributed by atoms with van der Waals surface area (Å²) in [5, 5.41) is 11.2. The summed E-state index contributed by atoms with van der Waals surface area (Å²) < 4.78 is 5.28. The van der Waals surface area contributed by atoms with Gasteiger partial charge in [0.1, 0.15) is 6.33 Å². The van der Waals surface area contributed by atoms with Crippen molar-refractivity contribution in [3.63, 3.8) is 0 Å². The molecule has 0 atom stereocenters. The summed E-state index contributed by atoms with van der Waals surface area (Å²) in [6.07, 6.45) is 3.71. The fraction of sp³-hybridized carbons (Fsp3) is 0.231. The molecule has 0 aliphatic heterocycles. The molecule has 0 bridgehead atoms. The van der Waals surface area contributed by atoms with Crippen LogP contribution in [0.25, 0.3) is 0 Å². The summed E-state index contributed by atoms with van der Waals surface area (Å²) in [5.41, 5.74) is 4.61. The quantitative estimate of drug-likeness (QED) is 0.602. The number of ether oxygens (including phenoxy) is 1. The number of hydrogen-bond donors (Lipinski definition) is 2. The lowest BCUT2D eigenvalue weighted by atomic mass is 10.3. The van der Waals surface area contributed by atoms with Crippen molar-refractivity contribution in [1.82, 2.24) is 20.4 Å². The fourth-order valence-electron chi connectivity index (χ4n) is 1.62. The number of aromatic nitrogens is 3. The van der Waals surface area contributed by atoms with Gasteiger partial charge in [-0.3, -0.25) is 30.7 Å². The number of nitrogens with one attached hydrogen (secondary N) is 2.